The Hall–Kier alpha value is -0.780. The van der Waals surface area contributed by atoms with E-state index in [1.807, 2.05) is 6.92 Å². The van der Waals surface area contributed by atoms with Gasteiger partial charge in [0.2, 0.25) is 5.91 Å². The highest BCUT2D eigenvalue weighted by atomic mass is 35.5. The fourth-order valence-electron chi connectivity index (χ4n) is 1.34. The smallest absolute Gasteiger partial charge is 0.220 e. The van der Waals surface area contributed by atoms with E-state index >= 15 is 0 Å². The summed E-state index contributed by atoms with van der Waals surface area (Å²) >= 11 is 1.35. The molecule has 6 heteroatoms. The van der Waals surface area contributed by atoms with Crippen LogP contribution < -0.4 is 11.1 Å². The zero-order valence-electron chi connectivity index (χ0n) is 10.9. The number of hydrogen-bond acceptors (Lipinski definition) is 3. The largest absolute Gasteiger partial charge is 0.356 e. The number of carbonyl (C=O) groups excluding carboxylic acids is 1. The maximum atomic E-state index is 13.3. The summed E-state index contributed by atoms with van der Waals surface area (Å²) in [5.41, 5.74) is 5.57. The summed E-state index contributed by atoms with van der Waals surface area (Å²) in [6, 6.07) is 6.67. The van der Waals surface area contributed by atoms with Crippen molar-refractivity contribution in [2.75, 3.05) is 12.3 Å². The summed E-state index contributed by atoms with van der Waals surface area (Å²) < 4.78 is 13.3. The zero-order valence-corrected chi connectivity index (χ0v) is 12.5. The van der Waals surface area contributed by atoms with Crippen LogP contribution in [0.2, 0.25) is 0 Å². The van der Waals surface area contributed by atoms with E-state index in [1.165, 1.54) is 17.8 Å². The highest BCUT2D eigenvalue weighted by molar-refractivity contribution is 7.99. The lowest BCUT2D eigenvalue weighted by Gasteiger charge is -2.07. The van der Waals surface area contributed by atoms with Gasteiger partial charge in [-0.3, -0.25) is 4.79 Å². The number of thioether (sulfide) groups is 1. The molecule has 3 N–H and O–H groups in total. The third-order valence-corrected chi connectivity index (χ3v) is 3.40. The number of rotatable bonds is 7. The number of nitrogens with two attached hydrogens (primary N) is 1. The molecule has 1 aromatic rings. The van der Waals surface area contributed by atoms with Gasteiger partial charge in [-0.2, -0.15) is 0 Å². The van der Waals surface area contributed by atoms with Crippen LogP contribution in [0, 0.1) is 5.82 Å². The Labute approximate surface area is 123 Å². The van der Waals surface area contributed by atoms with Gasteiger partial charge in [-0.05, 0) is 25.5 Å². The third kappa shape index (κ3) is 8.08. The summed E-state index contributed by atoms with van der Waals surface area (Å²) in [6.07, 6.45) is 1.16. The normalized spacial score (nSPS) is 11.5. The van der Waals surface area contributed by atoms with E-state index in [1.54, 1.807) is 18.2 Å². The van der Waals surface area contributed by atoms with Crippen LogP contribution in [0.1, 0.15) is 19.8 Å². The van der Waals surface area contributed by atoms with Crippen LogP contribution in [0.4, 0.5) is 4.39 Å². The number of amides is 1. The van der Waals surface area contributed by atoms with Crippen LogP contribution in [0.5, 0.6) is 0 Å². The summed E-state index contributed by atoms with van der Waals surface area (Å²) in [4.78, 5) is 12.0. The van der Waals surface area contributed by atoms with Crippen molar-refractivity contribution in [3.8, 4) is 0 Å². The average Bonchev–Trinajstić information content (AvgIpc) is 2.31. The van der Waals surface area contributed by atoms with E-state index in [0.29, 0.717) is 23.6 Å². The molecule has 0 radical (unpaired) electrons. The van der Waals surface area contributed by atoms with Crippen molar-refractivity contribution in [3.05, 3.63) is 30.1 Å². The molecule has 0 heterocycles. The Morgan fingerprint density at radius 1 is 1.47 bits per heavy atom. The molecule has 108 valence electrons. The highest BCUT2D eigenvalue weighted by Crippen LogP contribution is 2.21. The maximum Gasteiger partial charge on any atom is 0.220 e. The minimum Gasteiger partial charge on any atom is -0.356 e. The predicted molar refractivity (Wildman–Crippen MR) is 80.3 cm³/mol. The number of halogens is 2. The molecular weight excluding hydrogens is 287 g/mol. The van der Waals surface area contributed by atoms with Crippen molar-refractivity contribution < 1.29 is 9.18 Å². The third-order valence-electron chi connectivity index (χ3n) is 2.35. The molecule has 1 amide bonds. The Morgan fingerprint density at radius 2 is 2.16 bits per heavy atom. The van der Waals surface area contributed by atoms with Crippen molar-refractivity contribution >= 4 is 30.1 Å². The molecular formula is C13H20ClFN2OS. The van der Waals surface area contributed by atoms with E-state index in [-0.39, 0.29) is 30.2 Å². The summed E-state index contributed by atoms with van der Waals surface area (Å²) in [6.45, 7) is 2.50. The minimum atomic E-state index is -0.236. The molecule has 0 aromatic heterocycles. The molecule has 0 aliphatic carbocycles. The van der Waals surface area contributed by atoms with Gasteiger partial charge in [0.1, 0.15) is 5.82 Å². The van der Waals surface area contributed by atoms with Gasteiger partial charge in [0.25, 0.3) is 0 Å². The Balaban J connectivity index is 0.00000324. The van der Waals surface area contributed by atoms with Gasteiger partial charge < -0.3 is 11.1 Å². The monoisotopic (exact) mass is 306 g/mol. The molecule has 0 aliphatic heterocycles. The van der Waals surface area contributed by atoms with Gasteiger partial charge in [0, 0.05) is 29.7 Å². The standard InChI is InChI=1S/C13H19FN2OS.ClH/c1-10(15)6-8-16-13(17)7-9-18-12-5-3-2-4-11(12)14;/h2-5,10H,6-9,15H2,1H3,(H,16,17);1H. The molecule has 1 aromatic carbocycles. The van der Waals surface area contributed by atoms with Crippen LogP contribution in [-0.2, 0) is 4.79 Å². The molecule has 3 nitrogen and oxygen atoms in total. The lowest BCUT2D eigenvalue weighted by atomic mass is 10.2. The SMILES string of the molecule is CC(N)CCNC(=O)CCSc1ccccc1F.Cl. The molecule has 0 bridgehead atoms. The molecule has 0 fully saturated rings. The molecule has 0 aliphatic rings. The number of benzene rings is 1. The Morgan fingerprint density at radius 3 is 2.79 bits per heavy atom. The van der Waals surface area contributed by atoms with Crippen molar-refractivity contribution in [2.24, 2.45) is 5.73 Å². The quantitative estimate of drug-likeness (QED) is 0.761. The first-order valence-electron chi connectivity index (χ1n) is 5.99. The van der Waals surface area contributed by atoms with E-state index in [4.69, 9.17) is 5.73 Å². The number of carbonyl (C=O) groups is 1. The average molecular weight is 307 g/mol. The van der Waals surface area contributed by atoms with Crippen LogP contribution in [0.15, 0.2) is 29.2 Å². The van der Waals surface area contributed by atoms with Gasteiger partial charge >= 0.3 is 0 Å². The zero-order chi connectivity index (χ0) is 13.4. The van der Waals surface area contributed by atoms with Crippen LogP contribution in [-0.4, -0.2) is 24.2 Å². The molecule has 1 rings (SSSR count). The Bertz CT molecular complexity index is 391. The second kappa shape index (κ2) is 10.1. The van der Waals surface area contributed by atoms with Crippen molar-refractivity contribution in [1.82, 2.24) is 5.32 Å². The van der Waals surface area contributed by atoms with Crippen molar-refractivity contribution in [3.63, 3.8) is 0 Å². The first-order chi connectivity index (χ1) is 8.59. The Kier molecular flexibility index (Phi) is 9.65. The van der Waals surface area contributed by atoms with Crippen molar-refractivity contribution in [2.45, 2.75) is 30.7 Å². The van der Waals surface area contributed by atoms with Gasteiger partial charge in [-0.1, -0.05) is 12.1 Å². The molecule has 19 heavy (non-hydrogen) atoms. The summed E-state index contributed by atoms with van der Waals surface area (Å²) in [5, 5.41) is 2.79. The second-order valence-corrected chi connectivity index (χ2v) is 5.28. The van der Waals surface area contributed by atoms with E-state index < -0.39 is 0 Å². The molecule has 0 spiro atoms. The first-order valence-corrected chi connectivity index (χ1v) is 6.97. The molecule has 1 atom stereocenters. The van der Waals surface area contributed by atoms with Gasteiger partial charge in [-0.25, -0.2) is 4.39 Å². The van der Waals surface area contributed by atoms with Crippen LogP contribution in [0.3, 0.4) is 0 Å². The number of nitrogens with one attached hydrogen (secondary N) is 1. The van der Waals surface area contributed by atoms with Crippen LogP contribution in [0.25, 0.3) is 0 Å². The summed E-state index contributed by atoms with van der Waals surface area (Å²) in [5.74, 6) is 0.324. The lowest BCUT2D eigenvalue weighted by Crippen LogP contribution is -2.29. The fraction of sp³-hybridized carbons (Fsp3) is 0.462. The first kappa shape index (κ1) is 18.2. The predicted octanol–water partition coefficient (Wildman–Crippen LogP) is 2.58. The van der Waals surface area contributed by atoms with Gasteiger partial charge in [0.05, 0.1) is 0 Å². The summed E-state index contributed by atoms with van der Waals surface area (Å²) in [7, 11) is 0. The van der Waals surface area contributed by atoms with E-state index in [9.17, 15) is 9.18 Å². The topological polar surface area (TPSA) is 55.1 Å². The lowest BCUT2D eigenvalue weighted by molar-refractivity contribution is -0.120. The molecule has 0 saturated carbocycles. The fourth-order valence-corrected chi connectivity index (χ4v) is 2.23. The maximum absolute atomic E-state index is 13.3. The van der Waals surface area contributed by atoms with Gasteiger partial charge in [0.15, 0.2) is 0 Å². The number of hydrogen-bond donors (Lipinski definition) is 2. The second-order valence-electron chi connectivity index (χ2n) is 4.14. The van der Waals surface area contributed by atoms with Crippen LogP contribution >= 0.6 is 24.2 Å². The minimum absolute atomic E-state index is 0. The van der Waals surface area contributed by atoms with Crippen molar-refractivity contribution in [1.29, 1.82) is 0 Å². The van der Waals surface area contributed by atoms with E-state index in [2.05, 4.69) is 5.32 Å². The molecule has 1 unspecified atom stereocenters. The highest BCUT2D eigenvalue weighted by Gasteiger charge is 2.04. The van der Waals surface area contributed by atoms with E-state index in [0.717, 1.165) is 6.42 Å². The molecule has 0 saturated heterocycles. The van der Waals surface area contributed by atoms with Gasteiger partial charge in [-0.15, -0.1) is 24.2 Å².